The Morgan fingerprint density at radius 3 is 2.40 bits per heavy atom. The first-order chi connectivity index (χ1) is 19.8. The van der Waals surface area contributed by atoms with E-state index in [9.17, 15) is 39.6 Å². The van der Waals surface area contributed by atoms with Crippen LogP contribution in [0.3, 0.4) is 0 Å². The summed E-state index contributed by atoms with van der Waals surface area (Å²) in [7, 11) is 3.09. The van der Waals surface area contributed by atoms with E-state index in [1.807, 2.05) is 30.3 Å². The van der Waals surface area contributed by atoms with Crippen LogP contribution in [-0.4, -0.2) is 80.3 Å². The molecule has 0 radical (unpaired) electrons. The Bertz CT molecular complexity index is 1600. The Hall–Kier alpha value is -4.19. The van der Waals surface area contributed by atoms with Crippen molar-refractivity contribution in [3.05, 3.63) is 70.0 Å². The summed E-state index contributed by atoms with van der Waals surface area (Å²) in [5.74, 6) is -8.01. The van der Waals surface area contributed by atoms with Crippen molar-refractivity contribution in [2.45, 2.75) is 31.0 Å². The van der Waals surface area contributed by atoms with Gasteiger partial charge < -0.3 is 31.5 Å². The highest BCUT2D eigenvalue weighted by Crippen LogP contribution is 2.54. The number of phenols is 1. The van der Waals surface area contributed by atoms with Crippen LogP contribution in [0.4, 0.5) is 0 Å². The van der Waals surface area contributed by atoms with Gasteiger partial charge in [0.15, 0.2) is 11.4 Å². The number of amides is 2. The first kappa shape index (κ1) is 29.3. The highest BCUT2D eigenvalue weighted by molar-refractivity contribution is 6.27. The average Bonchev–Trinajstić information content (AvgIpc) is 2.94. The number of hydrogen-bond acceptors (Lipinski definition) is 9. The van der Waals surface area contributed by atoms with Crippen LogP contribution in [0, 0.1) is 11.8 Å². The average molecular weight is 596 g/mol. The maximum atomic E-state index is 14.1. The zero-order valence-corrected chi connectivity index (χ0v) is 23.6. The number of Topliss-reactive ketones (excluding diaryl/α,β-unsaturated/α-hetero) is 2. The number of aliphatic hydroxyl groups is 3. The fourth-order valence-electron chi connectivity index (χ4n) is 6.62. The summed E-state index contributed by atoms with van der Waals surface area (Å²) >= 11 is 5.61. The number of rotatable bonds is 6. The molecule has 0 saturated heterocycles. The van der Waals surface area contributed by atoms with Crippen LogP contribution in [0.5, 0.6) is 5.75 Å². The molecule has 5 rings (SSSR count). The third-order valence-electron chi connectivity index (χ3n) is 8.48. The van der Waals surface area contributed by atoms with Crippen molar-refractivity contribution in [2.24, 2.45) is 17.6 Å². The third-order valence-corrected chi connectivity index (χ3v) is 8.72. The van der Waals surface area contributed by atoms with E-state index in [1.165, 1.54) is 4.90 Å². The van der Waals surface area contributed by atoms with E-state index in [0.29, 0.717) is 11.1 Å². The number of phenolic OH excluding ortho intramolecular Hbond substituents is 1. The Labute approximate surface area is 245 Å². The van der Waals surface area contributed by atoms with Gasteiger partial charge in [0.05, 0.1) is 11.6 Å². The van der Waals surface area contributed by atoms with E-state index in [0.717, 1.165) is 5.56 Å². The quantitative estimate of drug-likeness (QED) is 0.212. The minimum atomic E-state index is -2.73. The monoisotopic (exact) mass is 595 g/mol. The van der Waals surface area contributed by atoms with Gasteiger partial charge in [-0.1, -0.05) is 30.3 Å². The topological polar surface area (TPSA) is 190 Å². The summed E-state index contributed by atoms with van der Waals surface area (Å²) in [5.41, 5.74) is 3.63. The van der Waals surface area contributed by atoms with Crippen LogP contribution in [0.25, 0.3) is 16.9 Å². The predicted octanol–water partition coefficient (Wildman–Crippen LogP) is 1.49. The van der Waals surface area contributed by atoms with E-state index in [4.69, 9.17) is 17.3 Å². The summed E-state index contributed by atoms with van der Waals surface area (Å²) < 4.78 is 0. The number of benzene rings is 2. The van der Waals surface area contributed by atoms with E-state index in [1.54, 1.807) is 20.2 Å². The number of nitrogens with one attached hydrogen (secondary N) is 1. The maximum Gasteiger partial charge on any atom is 0.255 e. The molecule has 2 amide bonds. The molecule has 220 valence electrons. The fourth-order valence-corrected chi connectivity index (χ4v) is 6.71. The second kappa shape index (κ2) is 10.6. The Morgan fingerprint density at radius 1 is 1.14 bits per heavy atom. The van der Waals surface area contributed by atoms with Crippen LogP contribution in [0.1, 0.15) is 23.1 Å². The number of ketones is 2. The van der Waals surface area contributed by atoms with Crippen LogP contribution in [0.2, 0.25) is 0 Å². The van der Waals surface area contributed by atoms with Gasteiger partial charge in [-0.2, -0.15) is 0 Å². The molecule has 0 spiro atoms. The predicted molar refractivity (Wildman–Crippen MR) is 152 cm³/mol. The number of primary amides is 1. The van der Waals surface area contributed by atoms with Gasteiger partial charge in [-0.15, -0.1) is 11.6 Å². The highest BCUT2D eigenvalue weighted by Gasteiger charge is 2.64. The molecule has 0 aliphatic heterocycles. The van der Waals surface area contributed by atoms with Gasteiger partial charge in [0.25, 0.3) is 5.91 Å². The second-order valence-electron chi connectivity index (χ2n) is 11.0. The zero-order chi connectivity index (χ0) is 30.7. The van der Waals surface area contributed by atoms with Crippen molar-refractivity contribution >= 4 is 40.7 Å². The number of aromatic hydroxyl groups is 1. The number of aliphatic hydroxyl groups excluding tert-OH is 2. The smallest absolute Gasteiger partial charge is 0.255 e. The first-order valence-corrected chi connectivity index (χ1v) is 13.8. The molecule has 0 unspecified atom stereocenters. The van der Waals surface area contributed by atoms with Gasteiger partial charge >= 0.3 is 0 Å². The van der Waals surface area contributed by atoms with Gasteiger partial charge in [-0.3, -0.25) is 24.1 Å². The van der Waals surface area contributed by atoms with E-state index < -0.39 is 64.0 Å². The number of likely N-dealkylation sites (N-methyl/N-ethyl adjacent to an activating group) is 1. The molecule has 0 aromatic heterocycles. The Kier molecular flexibility index (Phi) is 7.38. The molecule has 1 saturated carbocycles. The lowest BCUT2D eigenvalue weighted by atomic mass is 9.57. The van der Waals surface area contributed by atoms with Crippen LogP contribution < -0.4 is 11.1 Å². The highest BCUT2D eigenvalue weighted by atomic mass is 35.5. The lowest BCUT2D eigenvalue weighted by Gasteiger charge is -2.50. The lowest BCUT2D eigenvalue weighted by Crippen LogP contribution is -2.65. The molecular weight excluding hydrogens is 566 g/mol. The van der Waals surface area contributed by atoms with Crippen molar-refractivity contribution < 1.29 is 39.6 Å². The summed E-state index contributed by atoms with van der Waals surface area (Å²) in [4.78, 5) is 52.9. The number of halogens is 1. The third kappa shape index (κ3) is 4.27. The van der Waals surface area contributed by atoms with Crippen molar-refractivity contribution in [3.8, 4) is 16.9 Å². The number of hydrogen-bond donors (Lipinski definition) is 6. The van der Waals surface area contributed by atoms with Gasteiger partial charge in [0, 0.05) is 23.6 Å². The summed E-state index contributed by atoms with van der Waals surface area (Å²) in [6.07, 6.45) is 0.120. The molecule has 4 atom stereocenters. The molecule has 2 aromatic rings. The molecule has 0 heterocycles. The molecule has 3 aliphatic carbocycles. The van der Waals surface area contributed by atoms with Crippen LogP contribution in [-0.2, 0) is 32.1 Å². The summed E-state index contributed by atoms with van der Waals surface area (Å²) in [5, 5.41) is 48.4. The van der Waals surface area contributed by atoms with Crippen molar-refractivity contribution in [3.63, 3.8) is 0 Å². The lowest BCUT2D eigenvalue weighted by molar-refractivity contribution is -0.153. The molecule has 2 aromatic carbocycles. The molecule has 42 heavy (non-hydrogen) atoms. The molecule has 7 N–H and O–H groups in total. The van der Waals surface area contributed by atoms with E-state index in [2.05, 4.69) is 5.32 Å². The van der Waals surface area contributed by atoms with Crippen molar-refractivity contribution in [2.75, 3.05) is 20.0 Å². The fraction of sp³-hybridized carbons (Fsp3) is 0.333. The number of alkyl halides is 1. The SMILES string of the molecule is CN(C)[C@H]1C(=O)C(C(N)=O)=C(O)[C@@]2(O)C(=O)C3=C(O)c4c(O)c(CNC(=O)CCl)cc(-c5ccccc5)c4C[C@H]3C[C@@H]12. The van der Waals surface area contributed by atoms with Gasteiger partial charge in [-0.25, -0.2) is 0 Å². The second-order valence-corrected chi connectivity index (χ2v) is 11.3. The number of nitrogens with two attached hydrogens (primary N) is 1. The standard InChI is InChI=1S/C30H30ClN3O8/c1-34(2)23-18-10-14-8-17-16(13-6-4-3-5-7-13)9-15(12-33-19(35)11-31)24(36)21(17)25(37)20(14)27(39)30(18,42)28(40)22(26(23)38)29(32)41/h3-7,9,14,18,23,36-37,40,42H,8,10-12H2,1-2H3,(H2,32,41)(H,33,35)/t14-,18-,23+,30-/m0/s1. The minimum Gasteiger partial charge on any atom is -0.508 e. The Morgan fingerprint density at radius 2 is 1.81 bits per heavy atom. The first-order valence-electron chi connectivity index (χ1n) is 13.2. The Balaban J connectivity index is 1.75. The van der Waals surface area contributed by atoms with E-state index in [-0.39, 0.29) is 47.7 Å². The number of carbonyl (C=O) groups excluding carboxylic acids is 4. The maximum absolute atomic E-state index is 14.1. The molecule has 0 bridgehead atoms. The zero-order valence-electron chi connectivity index (χ0n) is 22.8. The molecule has 3 aliphatic rings. The van der Waals surface area contributed by atoms with Gasteiger partial charge in [0.1, 0.15) is 28.7 Å². The number of fused-ring (bicyclic) bond motifs is 3. The van der Waals surface area contributed by atoms with Crippen molar-refractivity contribution in [1.82, 2.24) is 10.2 Å². The normalized spacial score (nSPS) is 25.2. The largest absolute Gasteiger partial charge is 0.508 e. The van der Waals surface area contributed by atoms with Crippen LogP contribution >= 0.6 is 11.6 Å². The molecule has 1 fully saturated rings. The number of nitrogens with zero attached hydrogens (tertiary/aromatic N) is 1. The minimum absolute atomic E-state index is 0.0196. The molecular formula is C30H30ClN3O8. The van der Waals surface area contributed by atoms with E-state index >= 15 is 0 Å². The van der Waals surface area contributed by atoms with Gasteiger partial charge in [0.2, 0.25) is 11.7 Å². The molecule has 11 nitrogen and oxygen atoms in total. The van der Waals surface area contributed by atoms with Gasteiger partial charge in [-0.05, 0) is 55.6 Å². The summed E-state index contributed by atoms with van der Waals surface area (Å²) in [6, 6.07) is 9.66. The van der Waals surface area contributed by atoms with Crippen molar-refractivity contribution in [1.29, 1.82) is 0 Å². The molecule has 12 heteroatoms. The number of carbonyl (C=O) groups is 4. The van der Waals surface area contributed by atoms with Crippen LogP contribution in [0.15, 0.2) is 53.3 Å². The summed E-state index contributed by atoms with van der Waals surface area (Å²) in [6.45, 7) is -0.130.